The van der Waals surface area contributed by atoms with Crippen LogP contribution >= 0.6 is 0 Å². The predicted molar refractivity (Wildman–Crippen MR) is 88.6 cm³/mol. The fraction of sp³-hybridized carbons (Fsp3) is 0.529. The van der Waals surface area contributed by atoms with Gasteiger partial charge in [0.2, 0.25) is 5.88 Å². The van der Waals surface area contributed by atoms with Gasteiger partial charge in [-0.05, 0) is 32.5 Å². The van der Waals surface area contributed by atoms with Crippen molar-refractivity contribution in [1.29, 1.82) is 0 Å². The Balaban J connectivity index is 1.76. The topological polar surface area (TPSA) is 50.3 Å². The third kappa shape index (κ3) is 3.47. The van der Waals surface area contributed by atoms with Gasteiger partial charge in [0.05, 0.1) is 24.3 Å². The summed E-state index contributed by atoms with van der Waals surface area (Å²) in [6.07, 6.45) is 1.53. The molecule has 0 unspecified atom stereocenters. The zero-order chi connectivity index (χ0) is 17.1. The molecule has 5 nitrogen and oxygen atoms in total. The van der Waals surface area contributed by atoms with E-state index in [1.54, 1.807) is 19.2 Å². The molecule has 2 aromatic heterocycles. The van der Waals surface area contributed by atoms with Crippen molar-refractivity contribution in [2.45, 2.75) is 25.1 Å². The second-order valence-electron chi connectivity index (χ2n) is 6.06. The van der Waals surface area contributed by atoms with E-state index in [1.165, 1.54) is 13.3 Å². The Morgan fingerprint density at radius 1 is 1.42 bits per heavy atom. The van der Waals surface area contributed by atoms with Crippen LogP contribution in [0.3, 0.4) is 0 Å². The van der Waals surface area contributed by atoms with E-state index in [2.05, 4.69) is 15.3 Å². The number of likely N-dealkylation sites (tertiary alicyclic amines) is 1. The minimum Gasteiger partial charge on any atom is -0.481 e. The summed E-state index contributed by atoms with van der Waals surface area (Å²) >= 11 is 0. The number of hydrogen-bond donors (Lipinski definition) is 1. The summed E-state index contributed by atoms with van der Waals surface area (Å²) in [5.74, 6) is 0.0416. The number of pyridine rings is 2. The van der Waals surface area contributed by atoms with Gasteiger partial charge in [0.1, 0.15) is 12.0 Å². The van der Waals surface area contributed by atoms with E-state index < -0.39 is 6.17 Å². The van der Waals surface area contributed by atoms with Gasteiger partial charge in [0.15, 0.2) is 0 Å². The zero-order valence-corrected chi connectivity index (χ0v) is 13.9. The highest BCUT2D eigenvalue weighted by Crippen LogP contribution is 2.22. The minimum absolute atomic E-state index is 0.0920. The summed E-state index contributed by atoms with van der Waals surface area (Å²) in [5.41, 5.74) is 1.64. The minimum atomic E-state index is -0.902. The second-order valence-corrected chi connectivity index (χ2v) is 6.06. The van der Waals surface area contributed by atoms with Crippen molar-refractivity contribution >= 4 is 11.0 Å². The molecule has 7 heteroatoms. The first kappa shape index (κ1) is 17.0. The smallest absolute Gasteiger partial charge is 0.213 e. The van der Waals surface area contributed by atoms with Crippen LogP contribution in [0.4, 0.5) is 8.78 Å². The van der Waals surface area contributed by atoms with Crippen molar-refractivity contribution in [1.82, 2.24) is 20.2 Å². The van der Waals surface area contributed by atoms with E-state index in [1.807, 2.05) is 4.90 Å². The molecule has 0 bridgehead atoms. The highest BCUT2D eigenvalue weighted by atomic mass is 19.1. The van der Waals surface area contributed by atoms with Crippen molar-refractivity contribution in [3.8, 4) is 5.88 Å². The lowest BCUT2D eigenvalue weighted by molar-refractivity contribution is 0.108. The van der Waals surface area contributed by atoms with Crippen LogP contribution in [0.1, 0.15) is 12.0 Å². The van der Waals surface area contributed by atoms with Gasteiger partial charge >= 0.3 is 0 Å². The van der Waals surface area contributed by atoms with E-state index >= 15 is 0 Å². The molecule has 1 N–H and O–H groups in total. The monoisotopic (exact) mass is 336 g/mol. The number of nitrogens with one attached hydrogen (secondary N) is 1. The van der Waals surface area contributed by atoms with Crippen molar-refractivity contribution < 1.29 is 13.5 Å². The zero-order valence-electron chi connectivity index (χ0n) is 13.9. The first-order valence-electron chi connectivity index (χ1n) is 8.14. The number of hydrogen-bond acceptors (Lipinski definition) is 5. The summed E-state index contributed by atoms with van der Waals surface area (Å²) < 4.78 is 33.4. The number of piperidine rings is 1. The van der Waals surface area contributed by atoms with E-state index in [0.717, 1.165) is 13.0 Å². The average Bonchev–Trinajstić information content (AvgIpc) is 2.60. The molecule has 0 spiro atoms. The van der Waals surface area contributed by atoms with Crippen molar-refractivity contribution in [2.75, 3.05) is 33.8 Å². The summed E-state index contributed by atoms with van der Waals surface area (Å²) in [6, 6.07) is 3.37. The SMILES string of the molecule is CN[C@@H]1CCN(CCc2c(F)cnc3ccc(OC)nc23)C[C@@H]1F. The number of rotatable bonds is 5. The number of alkyl halides is 1. The van der Waals surface area contributed by atoms with Gasteiger partial charge in [-0.3, -0.25) is 9.88 Å². The molecule has 1 fully saturated rings. The molecule has 3 heterocycles. The third-order valence-corrected chi connectivity index (χ3v) is 4.62. The molecule has 0 saturated carbocycles. The van der Waals surface area contributed by atoms with Gasteiger partial charge in [0, 0.05) is 30.8 Å². The van der Waals surface area contributed by atoms with Crippen LogP contribution in [-0.2, 0) is 6.42 Å². The summed E-state index contributed by atoms with van der Waals surface area (Å²) in [5, 5.41) is 3.00. The van der Waals surface area contributed by atoms with Gasteiger partial charge in [-0.2, -0.15) is 0 Å². The summed E-state index contributed by atoms with van der Waals surface area (Å²) in [6.45, 7) is 1.76. The third-order valence-electron chi connectivity index (χ3n) is 4.62. The number of halogens is 2. The molecule has 0 radical (unpaired) electrons. The number of aromatic nitrogens is 2. The van der Waals surface area contributed by atoms with Crippen molar-refractivity contribution in [2.24, 2.45) is 0 Å². The Hall–Kier alpha value is -1.86. The molecule has 3 rings (SSSR count). The number of fused-ring (bicyclic) bond motifs is 1. The lowest BCUT2D eigenvalue weighted by Gasteiger charge is -2.34. The maximum atomic E-state index is 14.3. The molecular formula is C17H22F2N4O. The molecule has 0 amide bonds. The van der Waals surface area contributed by atoms with Crippen LogP contribution < -0.4 is 10.1 Å². The summed E-state index contributed by atoms with van der Waals surface area (Å²) in [4.78, 5) is 10.4. The fourth-order valence-corrected chi connectivity index (χ4v) is 3.19. The van der Waals surface area contributed by atoms with E-state index in [4.69, 9.17) is 4.74 Å². The lowest BCUT2D eigenvalue weighted by atomic mass is 10.0. The van der Waals surface area contributed by atoms with Crippen LogP contribution in [0.2, 0.25) is 0 Å². The van der Waals surface area contributed by atoms with Crippen molar-refractivity contribution in [3.63, 3.8) is 0 Å². The number of methoxy groups -OCH3 is 1. The van der Waals surface area contributed by atoms with E-state index in [0.29, 0.717) is 42.0 Å². The van der Waals surface area contributed by atoms with Gasteiger partial charge < -0.3 is 10.1 Å². The number of nitrogens with zero attached hydrogens (tertiary/aromatic N) is 3. The van der Waals surface area contributed by atoms with Crippen LogP contribution in [0.15, 0.2) is 18.3 Å². The Kier molecular flexibility index (Phi) is 5.20. The maximum Gasteiger partial charge on any atom is 0.213 e. The number of ether oxygens (including phenoxy) is 1. The average molecular weight is 336 g/mol. The van der Waals surface area contributed by atoms with Gasteiger partial charge in [-0.1, -0.05) is 0 Å². The van der Waals surface area contributed by atoms with Crippen LogP contribution in [-0.4, -0.2) is 60.9 Å². The molecule has 130 valence electrons. The normalized spacial score (nSPS) is 22.0. The molecule has 2 aromatic rings. The highest BCUT2D eigenvalue weighted by Gasteiger charge is 2.27. The second kappa shape index (κ2) is 7.36. The first-order valence-corrected chi connectivity index (χ1v) is 8.14. The first-order chi connectivity index (χ1) is 11.6. The molecule has 1 aliphatic rings. The van der Waals surface area contributed by atoms with E-state index in [9.17, 15) is 8.78 Å². The fourth-order valence-electron chi connectivity index (χ4n) is 3.19. The molecule has 0 aliphatic carbocycles. The highest BCUT2D eigenvalue weighted by molar-refractivity contribution is 5.78. The molecular weight excluding hydrogens is 314 g/mol. The van der Waals surface area contributed by atoms with Crippen LogP contribution in [0.5, 0.6) is 5.88 Å². The van der Waals surface area contributed by atoms with Crippen molar-refractivity contribution in [3.05, 3.63) is 29.7 Å². The Labute approximate surface area is 140 Å². The lowest BCUT2D eigenvalue weighted by Crippen LogP contribution is -2.50. The molecule has 1 saturated heterocycles. The summed E-state index contributed by atoms with van der Waals surface area (Å²) in [7, 11) is 3.30. The molecule has 0 aromatic carbocycles. The largest absolute Gasteiger partial charge is 0.481 e. The quantitative estimate of drug-likeness (QED) is 0.904. The van der Waals surface area contributed by atoms with E-state index in [-0.39, 0.29) is 11.9 Å². The Morgan fingerprint density at radius 3 is 2.96 bits per heavy atom. The van der Waals surface area contributed by atoms with Gasteiger partial charge in [0.25, 0.3) is 0 Å². The maximum absolute atomic E-state index is 14.3. The molecule has 1 aliphatic heterocycles. The van der Waals surface area contributed by atoms with Gasteiger partial charge in [-0.15, -0.1) is 0 Å². The predicted octanol–water partition coefficient (Wildman–Crippen LogP) is 1.95. The Bertz CT molecular complexity index is 712. The van der Waals surface area contributed by atoms with Gasteiger partial charge in [-0.25, -0.2) is 13.8 Å². The standard InChI is InChI=1S/C17H22F2N4O/c1-20-14-6-8-23(10-13(14)19)7-5-11-12(18)9-21-15-3-4-16(24-2)22-17(11)15/h3-4,9,13-14,20H,5-8,10H2,1-2H3/t13-,14+/m0/s1. The molecule has 24 heavy (non-hydrogen) atoms. The van der Waals surface area contributed by atoms with Crippen LogP contribution in [0.25, 0.3) is 11.0 Å². The van der Waals surface area contributed by atoms with Crippen LogP contribution in [0, 0.1) is 5.82 Å². The molecule has 2 atom stereocenters. The Morgan fingerprint density at radius 2 is 2.25 bits per heavy atom.